The molecule has 174 valence electrons. The van der Waals surface area contributed by atoms with Crippen molar-refractivity contribution in [2.75, 3.05) is 26.8 Å². The quantitative estimate of drug-likeness (QED) is 0.509. The number of hydrogen-bond donors (Lipinski definition) is 2. The van der Waals surface area contributed by atoms with Crippen molar-refractivity contribution in [3.8, 4) is 0 Å². The molecule has 32 heavy (non-hydrogen) atoms. The normalized spacial score (nSPS) is 23.6. The molecule has 3 unspecified atom stereocenters. The molecule has 0 spiro atoms. The standard InChI is InChI=1S/C24H36N6O2/c1-4-25-24(27-20-11-12-22-28-21(16-31-3)29-30(22)15-20)26-14-19-6-5-13-32-23(19)18-9-7-17(2)8-10-18/h7-10,19-20,23H,4-6,11-16H2,1-3H3,(H2,25,26,27). The summed E-state index contributed by atoms with van der Waals surface area (Å²) in [7, 11) is 1.67. The average molecular weight is 441 g/mol. The fourth-order valence-corrected chi connectivity index (χ4v) is 4.55. The number of aliphatic imine (C=N–C) groups is 1. The summed E-state index contributed by atoms with van der Waals surface area (Å²) < 4.78 is 13.4. The van der Waals surface area contributed by atoms with Crippen LogP contribution >= 0.6 is 0 Å². The predicted molar refractivity (Wildman–Crippen MR) is 125 cm³/mol. The lowest BCUT2D eigenvalue weighted by atomic mass is 9.89. The Bertz CT molecular complexity index is 894. The summed E-state index contributed by atoms with van der Waals surface area (Å²) in [5.41, 5.74) is 2.53. The lowest BCUT2D eigenvalue weighted by Crippen LogP contribution is -2.47. The molecule has 4 rings (SSSR count). The first-order chi connectivity index (χ1) is 15.7. The van der Waals surface area contributed by atoms with Crippen molar-refractivity contribution in [3.05, 3.63) is 47.0 Å². The van der Waals surface area contributed by atoms with E-state index in [0.29, 0.717) is 12.5 Å². The van der Waals surface area contributed by atoms with Crippen LogP contribution < -0.4 is 10.6 Å². The van der Waals surface area contributed by atoms with E-state index in [1.807, 2.05) is 4.68 Å². The van der Waals surface area contributed by atoms with Gasteiger partial charge in [-0.25, -0.2) is 9.67 Å². The minimum atomic E-state index is 0.113. The van der Waals surface area contributed by atoms with Crippen molar-refractivity contribution in [1.29, 1.82) is 0 Å². The van der Waals surface area contributed by atoms with Crippen LogP contribution in [-0.4, -0.2) is 53.6 Å². The summed E-state index contributed by atoms with van der Waals surface area (Å²) in [6, 6.07) is 8.99. The van der Waals surface area contributed by atoms with E-state index in [1.165, 1.54) is 11.1 Å². The second kappa shape index (κ2) is 10.9. The zero-order valence-electron chi connectivity index (χ0n) is 19.5. The van der Waals surface area contributed by atoms with Gasteiger partial charge in [-0.05, 0) is 38.7 Å². The maximum atomic E-state index is 6.18. The Labute approximate surface area is 190 Å². The number of hydrogen-bond acceptors (Lipinski definition) is 5. The van der Waals surface area contributed by atoms with E-state index in [0.717, 1.165) is 69.5 Å². The summed E-state index contributed by atoms with van der Waals surface area (Å²) in [5, 5.41) is 11.6. The van der Waals surface area contributed by atoms with E-state index in [1.54, 1.807) is 7.11 Å². The SMILES string of the molecule is CCNC(=NCC1CCCOC1c1ccc(C)cc1)NC1CCc2nc(COC)nn2C1. The van der Waals surface area contributed by atoms with Gasteiger partial charge in [0.25, 0.3) is 0 Å². The van der Waals surface area contributed by atoms with E-state index < -0.39 is 0 Å². The second-order valence-corrected chi connectivity index (χ2v) is 8.76. The van der Waals surface area contributed by atoms with Gasteiger partial charge in [-0.2, -0.15) is 5.10 Å². The molecule has 0 amide bonds. The Morgan fingerprint density at radius 1 is 1.28 bits per heavy atom. The molecule has 1 saturated heterocycles. The number of aromatic nitrogens is 3. The monoisotopic (exact) mass is 440 g/mol. The molecule has 0 saturated carbocycles. The molecule has 2 N–H and O–H groups in total. The van der Waals surface area contributed by atoms with Gasteiger partial charge in [0.2, 0.25) is 0 Å². The number of ether oxygens (including phenoxy) is 2. The number of rotatable bonds is 7. The highest BCUT2D eigenvalue weighted by molar-refractivity contribution is 5.80. The second-order valence-electron chi connectivity index (χ2n) is 8.76. The molecule has 2 aliphatic heterocycles. The number of nitrogens with one attached hydrogen (secondary N) is 2. The molecule has 0 aliphatic carbocycles. The fourth-order valence-electron chi connectivity index (χ4n) is 4.55. The third-order valence-electron chi connectivity index (χ3n) is 6.20. The molecular formula is C24H36N6O2. The van der Waals surface area contributed by atoms with Gasteiger partial charge in [0.05, 0.1) is 12.6 Å². The first kappa shape index (κ1) is 22.7. The van der Waals surface area contributed by atoms with Crippen LogP contribution in [0.4, 0.5) is 0 Å². The molecule has 1 aromatic heterocycles. The van der Waals surface area contributed by atoms with Crippen molar-refractivity contribution < 1.29 is 9.47 Å². The van der Waals surface area contributed by atoms with Crippen LogP contribution in [0.3, 0.4) is 0 Å². The molecule has 1 aromatic carbocycles. The molecule has 3 heterocycles. The van der Waals surface area contributed by atoms with Gasteiger partial charge in [0.15, 0.2) is 11.8 Å². The Morgan fingerprint density at radius 3 is 2.91 bits per heavy atom. The van der Waals surface area contributed by atoms with Gasteiger partial charge in [-0.1, -0.05) is 29.8 Å². The number of methoxy groups -OCH3 is 1. The number of nitrogens with zero attached hydrogens (tertiary/aromatic N) is 4. The molecule has 2 aliphatic rings. The Kier molecular flexibility index (Phi) is 7.76. The maximum Gasteiger partial charge on any atom is 0.191 e. The van der Waals surface area contributed by atoms with E-state index in [4.69, 9.17) is 14.5 Å². The molecule has 1 fully saturated rings. The Morgan fingerprint density at radius 2 is 2.12 bits per heavy atom. The average Bonchev–Trinajstić information content (AvgIpc) is 3.20. The van der Waals surface area contributed by atoms with Crippen LogP contribution in [0.15, 0.2) is 29.3 Å². The van der Waals surface area contributed by atoms with Crippen LogP contribution in [0.25, 0.3) is 0 Å². The minimum Gasteiger partial charge on any atom is -0.377 e. The number of fused-ring (bicyclic) bond motifs is 1. The van der Waals surface area contributed by atoms with Crippen molar-refractivity contribution in [2.45, 2.75) is 64.8 Å². The summed E-state index contributed by atoms with van der Waals surface area (Å²) >= 11 is 0. The third-order valence-corrected chi connectivity index (χ3v) is 6.20. The lowest BCUT2D eigenvalue weighted by Gasteiger charge is -2.31. The molecule has 8 nitrogen and oxygen atoms in total. The van der Waals surface area contributed by atoms with Crippen molar-refractivity contribution in [2.24, 2.45) is 10.9 Å². The molecular weight excluding hydrogens is 404 g/mol. The van der Waals surface area contributed by atoms with Crippen molar-refractivity contribution in [1.82, 2.24) is 25.4 Å². The van der Waals surface area contributed by atoms with Crippen LogP contribution in [0, 0.1) is 12.8 Å². The van der Waals surface area contributed by atoms with Crippen LogP contribution in [0.5, 0.6) is 0 Å². The van der Waals surface area contributed by atoms with Crippen LogP contribution in [-0.2, 0) is 29.0 Å². The highest BCUT2D eigenvalue weighted by Gasteiger charge is 2.28. The number of aryl methyl sites for hydroxylation is 2. The predicted octanol–water partition coefficient (Wildman–Crippen LogP) is 2.77. The lowest BCUT2D eigenvalue weighted by molar-refractivity contribution is -0.0250. The van der Waals surface area contributed by atoms with Gasteiger partial charge < -0.3 is 20.1 Å². The topological polar surface area (TPSA) is 85.6 Å². The zero-order valence-corrected chi connectivity index (χ0v) is 19.5. The van der Waals surface area contributed by atoms with Gasteiger partial charge in [0, 0.05) is 45.2 Å². The van der Waals surface area contributed by atoms with Gasteiger partial charge in [-0.3, -0.25) is 4.99 Å². The summed E-state index contributed by atoms with van der Waals surface area (Å²) in [6.45, 7) is 7.85. The van der Waals surface area contributed by atoms with E-state index >= 15 is 0 Å². The fraction of sp³-hybridized carbons (Fsp3) is 0.625. The minimum absolute atomic E-state index is 0.113. The van der Waals surface area contributed by atoms with Crippen molar-refractivity contribution in [3.63, 3.8) is 0 Å². The summed E-state index contributed by atoms with van der Waals surface area (Å²) in [6.07, 6.45) is 4.25. The maximum absolute atomic E-state index is 6.18. The molecule has 2 aromatic rings. The smallest absolute Gasteiger partial charge is 0.191 e. The van der Waals surface area contributed by atoms with Gasteiger partial charge >= 0.3 is 0 Å². The van der Waals surface area contributed by atoms with Gasteiger partial charge in [-0.15, -0.1) is 0 Å². The summed E-state index contributed by atoms with van der Waals surface area (Å²) in [5.74, 6) is 3.04. The van der Waals surface area contributed by atoms with Gasteiger partial charge in [0.1, 0.15) is 12.4 Å². The molecule has 0 radical (unpaired) electrons. The number of benzene rings is 1. The molecule has 0 bridgehead atoms. The van der Waals surface area contributed by atoms with E-state index in [2.05, 4.69) is 58.8 Å². The highest BCUT2D eigenvalue weighted by atomic mass is 16.5. The third kappa shape index (κ3) is 5.66. The zero-order chi connectivity index (χ0) is 22.3. The Balaban J connectivity index is 1.40. The molecule has 3 atom stereocenters. The number of guanidine groups is 1. The van der Waals surface area contributed by atoms with Crippen LogP contribution in [0.1, 0.15) is 55.1 Å². The highest BCUT2D eigenvalue weighted by Crippen LogP contribution is 2.34. The Hall–Kier alpha value is -2.45. The van der Waals surface area contributed by atoms with Crippen LogP contribution in [0.2, 0.25) is 0 Å². The molecule has 8 heteroatoms. The summed E-state index contributed by atoms with van der Waals surface area (Å²) in [4.78, 5) is 9.53. The first-order valence-corrected chi connectivity index (χ1v) is 11.8. The van der Waals surface area contributed by atoms with E-state index in [-0.39, 0.29) is 12.1 Å². The largest absolute Gasteiger partial charge is 0.377 e. The van der Waals surface area contributed by atoms with E-state index in [9.17, 15) is 0 Å². The van der Waals surface area contributed by atoms with Crippen molar-refractivity contribution >= 4 is 5.96 Å². The first-order valence-electron chi connectivity index (χ1n) is 11.8.